The van der Waals surface area contributed by atoms with Crippen molar-refractivity contribution in [2.75, 3.05) is 6.54 Å². The highest BCUT2D eigenvalue weighted by Crippen LogP contribution is 2.21. The zero-order chi connectivity index (χ0) is 11.4. The molecule has 4 nitrogen and oxygen atoms in total. The van der Waals surface area contributed by atoms with E-state index in [1.54, 1.807) is 0 Å². The molecule has 0 saturated heterocycles. The third kappa shape index (κ3) is 2.69. The van der Waals surface area contributed by atoms with Gasteiger partial charge in [0.1, 0.15) is 5.69 Å². The van der Waals surface area contributed by atoms with Gasteiger partial charge in [-0.2, -0.15) is 0 Å². The molecule has 0 spiro atoms. The van der Waals surface area contributed by atoms with E-state index in [0.717, 1.165) is 12.3 Å². The van der Waals surface area contributed by atoms with E-state index in [2.05, 4.69) is 4.98 Å². The molecule has 0 aliphatic carbocycles. The normalized spacial score (nSPS) is 12.8. The van der Waals surface area contributed by atoms with Crippen molar-refractivity contribution in [3.63, 3.8) is 0 Å². The summed E-state index contributed by atoms with van der Waals surface area (Å²) < 4.78 is 24.5. The Morgan fingerprint density at radius 3 is 2.73 bits per heavy atom. The molecule has 0 aliphatic rings. The van der Waals surface area contributed by atoms with Gasteiger partial charge in [0.2, 0.25) is 0 Å². The average Bonchev–Trinajstić information content (AvgIpc) is 2.18. The van der Waals surface area contributed by atoms with E-state index in [1.165, 1.54) is 6.07 Å². The van der Waals surface area contributed by atoms with Crippen molar-refractivity contribution in [1.29, 1.82) is 0 Å². The summed E-state index contributed by atoms with van der Waals surface area (Å²) in [5, 5.41) is 8.77. The molecular formula is C9H10F2N2O2. The Morgan fingerprint density at radius 1 is 1.60 bits per heavy atom. The van der Waals surface area contributed by atoms with Crippen LogP contribution < -0.4 is 5.73 Å². The summed E-state index contributed by atoms with van der Waals surface area (Å²) in [5.74, 6) is -2.10. The first kappa shape index (κ1) is 11.5. The average molecular weight is 216 g/mol. The highest BCUT2D eigenvalue weighted by molar-refractivity contribution is 5.76. The lowest BCUT2D eigenvalue weighted by molar-refractivity contribution is -0.138. The number of carbonyl (C=O) groups is 1. The standard InChI is InChI=1S/C9H10F2N2O2/c10-8(11)7-3-5(1-2-13-7)6(4-12)9(14)15/h1-3,6,8H,4,12H2,(H,14,15). The highest BCUT2D eigenvalue weighted by atomic mass is 19.3. The van der Waals surface area contributed by atoms with Crippen LogP contribution in [0.4, 0.5) is 8.78 Å². The molecular weight excluding hydrogens is 206 g/mol. The van der Waals surface area contributed by atoms with Gasteiger partial charge in [0.05, 0.1) is 5.92 Å². The summed E-state index contributed by atoms with van der Waals surface area (Å²) in [4.78, 5) is 14.2. The summed E-state index contributed by atoms with van der Waals surface area (Å²) in [7, 11) is 0. The first-order chi connectivity index (χ1) is 7.06. The van der Waals surface area contributed by atoms with E-state index >= 15 is 0 Å². The van der Waals surface area contributed by atoms with E-state index < -0.39 is 24.0 Å². The zero-order valence-electron chi connectivity index (χ0n) is 7.73. The molecule has 1 atom stereocenters. The number of hydrogen-bond donors (Lipinski definition) is 2. The van der Waals surface area contributed by atoms with Crippen molar-refractivity contribution >= 4 is 5.97 Å². The van der Waals surface area contributed by atoms with Crippen molar-refractivity contribution in [3.8, 4) is 0 Å². The number of nitrogens with zero attached hydrogens (tertiary/aromatic N) is 1. The number of hydrogen-bond acceptors (Lipinski definition) is 3. The van der Waals surface area contributed by atoms with Gasteiger partial charge in [-0.25, -0.2) is 8.78 Å². The van der Waals surface area contributed by atoms with Crippen molar-refractivity contribution in [1.82, 2.24) is 4.98 Å². The topological polar surface area (TPSA) is 76.2 Å². The fraction of sp³-hybridized carbons (Fsp3) is 0.333. The van der Waals surface area contributed by atoms with Crippen molar-refractivity contribution in [2.45, 2.75) is 12.3 Å². The van der Waals surface area contributed by atoms with Gasteiger partial charge in [-0.3, -0.25) is 9.78 Å². The van der Waals surface area contributed by atoms with Gasteiger partial charge in [-0.05, 0) is 17.7 Å². The second-order valence-electron chi connectivity index (χ2n) is 2.94. The van der Waals surface area contributed by atoms with E-state index in [1.807, 2.05) is 0 Å². The van der Waals surface area contributed by atoms with Crippen LogP contribution in [-0.4, -0.2) is 22.6 Å². The second kappa shape index (κ2) is 4.79. The number of pyridine rings is 1. The number of carboxylic acid groups (broad SMARTS) is 1. The van der Waals surface area contributed by atoms with Crippen molar-refractivity contribution < 1.29 is 18.7 Å². The Balaban J connectivity index is 3.03. The lowest BCUT2D eigenvalue weighted by Crippen LogP contribution is -2.21. The van der Waals surface area contributed by atoms with Crippen LogP contribution in [0.5, 0.6) is 0 Å². The molecule has 0 fully saturated rings. The van der Waals surface area contributed by atoms with Crippen molar-refractivity contribution in [2.24, 2.45) is 5.73 Å². The minimum Gasteiger partial charge on any atom is -0.481 e. The lowest BCUT2D eigenvalue weighted by Gasteiger charge is -2.10. The minimum atomic E-state index is -2.71. The summed E-state index contributed by atoms with van der Waals surface area (Å²) >= 11 is 0. The number of carboxylic acids is 1. The molecule has 0 radical (unpaired) electrons. The smallest absolute Gasteiger partial charge is 0.312 e. The summed E-state index contributed by atoms with van der Waals surface area (Å²) in [6, 6.07) is 2.44. The summed E-state index contributed by atoms with van der Waals surface area (Å²) in [6.07, 6.45) is -1.56. The van der Waals surface area contributed by atoms with Gasteiger partial charge in [-0.1, -0.05) is 0 Å². The van der Waals surface area contributed by atoms with Gasteiger partial charge in [0, 0.05) is 12.7 Å². The van der Waals surface area contributed by atoms with Crippen LogP contribution in [0.25, 0.3) is 0 Å². The molecule has 15 heavy (non-hydrogen) atoms. The molecule has 6 heteroatoms. The van der Waals surface area contributed by atoms with Crippen LogP contribution in [0.15, 0.2) is 18.3 Å². The van der Waals surface area contributed by atoms with Crippen LogP contribution in [0.3, 0.4) is 0 Å². The predicted molar refractivity (Wildman–Crippen MR) is 48.6 cm³/mol. The third-order valence-electron chi connectivity index (χ3n) is 1.96. The number of halogens is 2. The van der Waals surface area contributed by atoms with Crippen LogP contribution >= 0.6 is 0 Å². The predicted octanol–water partition coefficient (Wildman–Crippen LogP) is 1.15. The van der Waals surface area contributed by atoms with Crippen LogP contribution in [0.2, 0.25) is 0 Å². The molecule has 0 aromatic carbocycles. The first-order valence-electron chi connectivity index (χ1n) is 4.23. The Hall–Kier alpha value is -1.56. The Bertz CT molecular complexity index is 358. The molecule has 1 aromatic heterocycles. The highest BCUT2D eigenvalue weighted by Gasteiger charge is 2.19. The first-order valence-corrected chi connectivity index (χ1v) is 4.23. The van der Waals surface area contributed by atoms with Gasteiger partial charge in [0.25, 0.3) is 6.43 Å². The second-order valence-corrected chi connectivity index (χ2v) is 2.94. The Kier molecular flexibility index (Phi) is 3.68. The maximum atomic E-state index is 12.3. The monoisotopic (exact) mass is 216 g/mol. The lowest BCUT2D eigenvalue weighted by atomic mass is 10.00. The molecule has 1 aromatic rings. The third-order valence-corrected chi connectivity index (χ3v) is 1.96. The SMILES string of the molecule is NCC(C(=O)O)c1ccnc(C(F)F)c1. The molecule has 0 bridgehead atoms. The zero-order valence-corrected chi connectivity index (χ0v) is 7.73. The van der Waals surface area contributed by atoms with E-state index in [4.69, 9.17) is 10.8 Å². The fourth-order valence-corrected chi connectivity index (χ4v) is 1.18. The fourth-order valence-electron chi connectivity index (χ4n) is 1.18. The molecule has 1 heterocycles. The quantitative estimate of drug-likeness (QED) is 0.791. The molecule has 0 amide bonds. The minimum absolute atomic E-state index is 0.137. The van der Waals surface area contributed by atoms with E-state index in [0.29, 0.717) is 0 Å². The number of aliphatic carboxylic acids is 1. The number of aromatic nitrogens is 1. The van der Waals surface area contributed by atoms with Gasteiger partial charge < -0.3 is 10.8 Å². The van der Waals surface area contributed by atoms with Gasteiger partial charge >= 0.3 is 5.97 Å². The molecule has 1 unspecified atom stereocenters. The number of nitrogens with two attached hydrogens (primary N) is 1. The Morgan fingerprint density at radius 2 is 2.27 bits per heavy atom. The molecule has 82 valence electrons. The maximum absolute atomic E-state index is 12.3. The van der Waals surface area contributed by atoms with Crippen LogP contribution in [0, 0.1) is 0 Å². The summed E-state index contributed by atoms with van der Waals surface area (Å²) in [5.41, 5.74) is 5.05. The summed E-state index contributed by atoms with van der Waals surface area (Å²) in [6.45, 7) is -0.137. The Labute approximate surface area is 84.7 Å². The van der Waals surface area contributed by atoms with Crippen LogP contribution in [0.1, 0.15) is 23.6 Å². The van der Waals surface area contributed by atoms with E-state index in [9.17, 15) is 13.6 Å². The van der Waals surface area contributed by atoms with Gasteiger partial charge in [-0.15, -0.1) is 0 Å². The molecule has 3 N–H and O–H groups in total. The van der Waals surface area contributed by atoms with E-state index in [-0.39, 0.29) is 12.1 Å². The molecule has 0 saturated carbocycles. The number of rotatable bonds is 4. The van der Waals surface area contributed by atoms with Gasteiger partial charge in [0.15, 0.2) is 0 Å². The molecule has 0 aliphatic heterocycles. The van der Waals surface area contributed by atoms with Crippen LogP contribution in [-0.2, 0) is 4.79 Å². The van der Waals surface area contributed by atoms with Crippen molar-refractivity contribution in [3.05, 3.63) is 29.6 Å². The number of alkyl halides is 2. The maximum Gasteiger partial charge on any atom is 0.312 e. The molecule has 1 rings (SSSR count). The largest absolute Gasteiger partial charge is 0.481 e.